The summed E-state index contributed by atoms with van der Waals surface area (Å²) in [6.45, 7) is 0. The van der Waals surface area contributed by atoms with Crippen molar-refractivity contribution < 1.29 is 10.2 Å². The van der Waals surface area contributed by atoms with Crippen molar-refractivity contribution in [3.8, 4) is 11.5 Å². The lowest BCUT2D eigenvalue weighted by Gasteiger charge is -1.96. The SMILES string of the molecule is Oc1c(I)cccc1I.Oc1c(I)cccc1I. The maximum atomic E-state index is 9.19. The maximum Gasteiger partial charge on any atom is 0.142 e. The van der Waals surface area contributed by atoms with Gasteiger partial charge in [-0.25, -0.2) is 0 Å². The molecule has 0 saturated heterocycles. The predicted molar refractivity (Wildman–Crippen MR) is 107 cm³/mol. The first kappa shape index (κ1) is 17.0. The lowest BCUT2D eigenvalue weighted by Crippen LogP contribution is -1.75. The molecule has 0 radical (unpaired) electrons. The van der Waals surface area contributed by atoms with Gasteiger partial charge in [0.25, 0.3) is 0 Å². The molecule has 0 aromatic heterocycles. The van der Waals surface area contributed by atoms with Crippen LogP contribution in [0.25, 0.3) is 0 Å². The van der Waals surface area contributed by atoms with E-state index in [1.807, 2.05) is 36.4 Å². The lowest BCUT2D eigenvalue weighted by molar-refractivity contribution is 0.467. The second-order valence-electron chi connectivity index (χ2n) is 3.14. The van der Waals surface area contributed by atoms with Crippen molar-refractivity contribution >= 4 is 90.4 Å². The Bertz CT molecular complexity index is 454. The molecular formula is C12H8I4O2. The summed E-state index contributed by atoms with van der Waals surface area (Å²) < 4.78 is 3.61. The third kappa shape index (κ3) is 5.15. The van der Waals surface area contributed by atoms with Gasteiger partial charge in [0, 0.05) is 0 Å². The van der Waals surface area contributed by atoms with Gasteiger partial charge in [-0.2, -0.15) is 0 Å². The summed E-state index contributed by atoms with van der Waals surface area (Å²) in [6.07, 6.45) is 0. The normalized spacial score (nSPS) is 9.56. The van der Waals surface area contributed by atoms with Gasteiger partial charge in [0.15, 0.2) is 0 Å². The van der Waals surface area contributed by atoms with Gasteiger partial charge in [0.1, 0.15) is 11.5 Å². The number of benzene rings is 2. The predicted octanol–water partition coefficient (Wildman–Crippen LogP) is 5.20. The van der Waals surface area contributed by atoms with Crippen LogP contribution >= 0.6 is 90.4 Å². The van der Waals surface area contributed by atoms with Crippen molar-refractivity contribution in [3.63, 3.8) is 0 Å². The van der Waals surface area contributed by atoms with Gasteiger partial charge in [-0.1, -0.05) is 12.1 Å². The highest BCUT2D eigenvalue weighted by molar-refractivity contribution is 14.1. The summed E-state index contributed by atoms with van der Waals surface area (Å²) >= 11 is 8.38. The smallest absolute Gasteiger partial charge is 0.142 e. The molecule has 0 aliphatic heterocycles. The quantitative estimate of drug-likeness (QED) is 0.373. The van der Waals surface area contributed by atoms with E-state index >= 15 is 0 Å². The highest BCUT2D eigenvalue weighted by Gasteiger charge is 1.99. The van der Waals surface area contributed by atoms with Crippen LogP contribution in [-0.4, -0.2) is 10.2 Å². The van der Waals surface area contributed by atoms with Crippen LogP contribution in [0.15, 0.2) is 36.4 Å². The Kier molecular flexibility index (Phi) is 7.84. The van der Waals surface area contributed by atoms with E-state index in [0.717, 1.165) is 14.3 Å². The van der Waals surface area contributed by atoms with Crippen molar-refractivity contribution in [2.45, 2.75) is 0 Å². The van der Waals surface area contributed by atoms with Gasteiger partial charge < -0.3 is 10.2 Å². The van der Waals surface area contributed by atoms with Gasteiger partial charge in [-0.3, -0.25) is 0 Å². The van der Waals surface area contributed by atoms with E-state index in [1.54, 1.807) is 0 Å². The first-order valence-electron chi connectivity index (χ1n) is 4.69. The molecule has 6 heteroatoms. The molecule has 0 fully saturated rings. The van der Waals surface area contributed by atoms with Crippen LogP contribution in [0, 0.1) is 14.3 Å². The number of para-hydroxylation sites is 2. The number of halogens is 4. The highest BCUT2D eigenvalue weighted by Crippen LogP contribution is 2.25. The van der Waals surface area contributed by atoms with E-state index < -0.39 is 0 Å². The molecule has 0 heterocycles. The van der Waals surface area contributed by atoms with Crippen molar-refractivity contribution in [2.75, 3.05) is 0 Å². The first-order valence-corrected chi connectivity index (χ1v) is 9.01. The number of phenolic OH excluding ortho intramolecular Hbond substituents is 2. The van der Waals surface area contributed by atoms with E-state index in [4.69, 9.17) is 0 Å². The van der Waals surface area contributed by atoms with Crippen LogP contribution in [0.3, 0.4) is 0 Å². The molecule has 0 bridgehead atoms. The molecule has 2 nitrogen and oxygen atoms in total. The fourth-order valence-corrected chi connectivity index (χ4v) is 4.00. The third-order valence-electron chi connectivity index (χ3n) is 1.88. The second kappa shape index (κ2) is 8.29. The van der Waals surface area contributed by atoms with Crippen LogP contribution in [0.1, 0.15) is 0 Å². The average molecular weight is 692 g/mol. The number of hydrogen-bond donors (Lipinski definition) is 2. The Morgan fingerprint density at radius 3 is 0.944 bits per heavy atom. The Balaban J connectivity index is 0.000000180. The summed E-state index contributed by atoms with van der Waals surface area (Å²) in [5.41, 5.74) is 0. The van der Waals surface area contributed by atoms with E-state index in [1.165, 1.54) is 0 Å². The Labute approximate surface area is 160 Å². The number of rotatable bonds is 0. The number of hydrogen-bond acceptors (Lipinski definition) is 2. The largest absolute Gasteiger partial charge is 0.506 e. The molecule has 0 spiro atoms. The van der Waals surface area contributed by atoms with Crippen LogP contribution < -0.4 is 0 Å². The summed E-state index contributed by atoms with van der Waals surface area (Å²) in [6, 6.07) is 11.3. The lowest BCUT2D eigenvalue weighted by atomic mass is 10.3. The summed E-state index contributed by atoms with van der Waals surface area (Å²) in [5.74, 6) is 0.775. The molecule has 96 valence electrons. The number of aromatic hydroxyl groups is 2. The number of phenols is 2. The minimum atomic E-state index is 0.388. The summed E-state index contributed by atoms with van der Waals surface area (Å²) in [7, 11) is 0. The van der Waals surface area contributed by atoms with Crippen molar-refractivity contribution in [3.05, 3.63) is 50.7 Å². The molecule has 0 aliphatic rings. The second-order valence-corrected chi connectivity index (χ2v) is 7.79. The molecule has 0 amide bonds. The minimum absolute atomic E-state index is 0.388. The summed E-state index contributed by atoms with van der Waals surface area (Å²) in [5, 5.41) is 18.4. The van der Waals surface area contributed by atoms with Crippen LogP contribution in [0.2, 0.25) is 0 Å². The molecule has 2 aromatic carbocycles. The first-order chi connectivity index (χ1) is 8.43. The van der Waals surface area contributed by atoms with Crippen LogP contribution in [-0.2, 0) is 0 Å². The van der Waals surface area contributed by atoms with Gasteiger partial charge in [0.2, 0.25) is 0 Å². The Morgan fingerprint density at radius 1 is 0.556 bits per heavy atom. The zero-order chi connectivity index (χ0) is 13.7. The van der Waals surface area contributed by atoms with Gasteiger partial charge in [0.05, 0.1) is 14.3 Å². The van der Waals surface area contributed by atoms with Gasteiger partial charge in [-0.05, 0) is 115 Å². The standard InChI is InChI=1S/2C6H4I2O/c2*7-4-2-1-3-5(8)6(4)9/h2*1-3,9H. The van der Waals surface area contributed by atoms with Crippen LogP contribution in [0.5, 0.6) is 11.5 Å². The topological polar surface area (TPSA) is 40.5 Å². The highest BCUT2D eigenvalue weighted by atomic mass is 127. The average Bonchev–Trinajstić information content (AvgIpc) is 2.34. The molecule has 2 N–H and O–H groups in total. The molecule has 2 rings (SSSR count). The molecule has 2 aromatic rings. The van der Waals surface area contributed by atoms with Crippen molar-refractivity contribution in [1.82, 2.24) is 0 Å². The van der Waals surface area contributed by atoms with E-state index in [9.17, 15) is 10.2 Å². The molecule has 18 heavy (non-hydrogen) atoms. The van der Waals surface area contributed by atoms with E-state index in [-0.39, 0.29) is 0 Å². The molecule has 0 atom stereocenters. The van der Waals surface area contributed by atoms with Gasteiger partial charge >= 0.3 is 0 Å². The molecule has 0 unspecified atom stereocenters. The molecular weight excluding hydrogens is 684 g/mol. The molecule has 0 aliphatic carbocycles. The van der Waals surface area contributed by atoms with Crippen molar-refractivity contribution in [2.24, 2.45) is 0 Å². The molecule has 0 saturated carbocycles. The summed E-state index contributed by atoms with van der Waals surface area (Å²) in [4.78, 5) is 0. The van der Waals surface area contributed by atoms with E-state index in [0.29, 0.717) is 11.5 Å². The van der Waals surface area contributed by atoms with Crippen molar-refractivity contribution in [1.29, 1.82) is 0 Å². The fraction of sp³-hybridized carbons (Fsp3) is 0. The Morgan fingerprint density at radius 2 is 0.778 bits per heavy atom. The third-order valence-corrected chi connectivity index (χ3v) is 5.36. The van der Waals surface area contributed by atoms with Crippen LogP contribution in [0.4, 0.5) is 0 Å². The maximum absolute atomic E-state index is 9.19. The fourth-order valence-electron chi connectivity index (χ4n) is 0.978. The monoisotopic (exact) mass is 692 g/mol. The zero-order valence-corrected chi connectivity index (χ0v) is 17.5. The van der Waals surface area contributed by atoms with Gasteiger partial charge in [-0.15, -0.1) is 0 Å². The minimum Gasteiger partial charge on any atom is -0.506 e. The Hall–Kier alpha value is 0.960. The van der Waals surface area contributed by atoms with E-state index in [2.05, 4.69) is 90.4 Å². The zero-order valence-electron chi connectivity index (χ0n) is 8.87.